The van der Waals surface area contributed by atoms with E-state index in [0.29, 0.717) is 25.3 Å². The first-order valence-electron chi connectivity index (χ1n) is 12.9. The van der Waals surface area contributed by atoms with Gasteiger partial charge in [-0.25, -0.2) is 4.98 Å². The van der Waals surface area contributed by atoms with Crippen molar-refractivity contribution in [1.29, 1.82) is 0 Å². The summed E-state index contributed by atoms with van der Waals surface area (Å²) in [5.41, 5.74) is 3.81. The number of nitrogens with zero attached hydrogens (tertiary/aromatic N) is 5. The highest BCUT2D eigenvalue weighted by Crippen LogP contribution is 2.52. The number of ether oxygens (including phenoxy) is 1. The van der Waals surface area contributed by atoms with E-state index < -0.39 is 24.4 Å². The number of fused-ring (bicyclic) bond motifs is 4. The minimum atomic E-state index is -4.24. The van der Waals surface area contributed by atoms with E-state index in [-0.39, 0.29) is 13.1 Å². The van der Waals surface area contributed by atoms with Crippen molar-refractivity contribution in [3.8, 4) is 17.0 Å². The second kappa shape index (κ2) is 10.3. The zero-order chi connectivity index (χ0) is 27.1. The van der Waals surface area contributed by atoms with Gasteiger partial charge >= 0.3 is 6.18 Å². The molecule has 1 spiro atoms. The molecule has 204 valence electrons. The lowest BCUT2D eigenvalue weighted by Crippen LogP contribution is -2.52. The summed E-state index contributed by atoms with van der Waals surface area (Å²) >= 11 is 0. The molecule has 10 heteroatoms. The molecule has 2 aliphatic rings. The van der Waals surface area contributed by atoms with Crippen LogP contribution in [0.1, 0.15) is 24.8 Å². The summed E-state index contributed by atoms with van der Waals surface area (Å²) in [6.07, 6.45) is 0.271. The molecule has 2 aromatic heterocycles. The molecule has 1 atom stereocenters. The number of benzene rings is 1. The van der Waals surface area contributed by atoms with Gasteiger partial charge in [0.2, 0.25) is 5.88 Å². The van der Waals surface area contributed by atoms with Crippen molar-refractivity contribution in [2.45, 2.75) is 37.1 Å². The van der Waals surface area contributed by atoms with E-state index in [1.807, 2.05) is 45.4 Å². The molecule has 1 unspecified atom stereocenters. The van der Waals surface area contributed by atoms with Gasteiger partial charge in [0.05, 0.1) is 30.6 Å². The van der Waals surface area contributed by atoms with E-state index in [2.05, 4.69) is 20.9 Å². The molecule has 5 rings (SSSR count). The summed E-state index contributed by atoms with van der Waals surface area (Å²) < 4.78 is 44.8. The Balaban J connectivity index is 1.43. The smallest absolute Gasteiger partial charge is 0.401 e. The van der Waals surface area contributed by atoms with Gasteiger partial charge in [0.1, 0.15) is 6.23 Å². The number of likely N-dealkylation sites (tertiary alicyclic amines) is 1. The highest BCUT2D eigenvalue weighted by atomic mass is 19.4. The predicted octanol–water partition coefficient (Wildman–Crippen LogP) is 4.29. The maximum absolute atomic E-state index is 13.0. The van der Waals surface area contributed by atoms with Crippen LogP contribution >= 0.6 is 0 Å². The van der Waals surface area contributed by atoms with Gasteiger partial charge in [0.25, 0.3) is 0 Å². The molecule has 0 amide bonds. The molecule has 4 heterocycles. The largest absolute Gasteiger partial charge is 0.478 e. The van der Waals surface area contributed by atoms with Crippen molar-refractivity contribution in [3.05, 3.63) is 48.3 Å². The molecular formula is C28H34F3N5O2. The molecule has 0 bridgehead atoms. The number of hydrogen-bond acceptors (Lipinski definition) is 7. The van der Waals surface area contributed by atoms with Crippen molar-refractivity contribution in [1.82, 2.24) is 19.8 Å². The van der Waals surface area contributed by atoms with E-state index >= 15 is 0 Å². The molecule has 0 radical (unpaired) electrons. The van der Waals surface area contributed by atoms with Crippen LogP contribution in [0.25, 0.3) is 22.0 Å². The number of aliphatic hydroxyl groups is 1. The van der Waals surface area contributed by atoms with Crippen LogP contribution in [0.5, 0.6) is 5.88 Å². The third-order valence-corrected chi connectivity index (χ3v) is 7.81. The first-order chi connectivity index (χ1) is 18.1. The number of likely N-dealkylation sites (N-methyl/N-ethyl adjacent to an activating group) is 1. The summed E-state index contributed by atoms with van der Waals surface area (Å²) in [6.45, 7) is 1.15. The monoisotopic (exact) mass is 529 g/mol. The summed E-state index contributed by atoms with van der Waals surface area (Å²) in [4.78, 5) is 14.4. The van der Waals surface area contributed by atoms with Crippen LogP contribution in [-0.2, 0) is 5.41 Å². The van der Waals surface area contributed by atoms with Crippen LogP contribution in [0.15, 0.2) is 42.7 Å². The molecule has 1 N–H and O–H groups in total. The van der Waals surface area contributed by atoms with Crippen molar-refractivity contribution in [2.75, 3.05) is 58.8 Å². The van der Waals surface area contributed by atoms with E-state index in [1.165, 1.54) is 4.90 Å². The summed E-state index contributed by atoms with van der Waals surface area (Å²) in [7, 11) is 5.87. The Hall–Kier alpha value is -2.95. The van der Waals surface area contributed by atoms with Gasteiger partial charge in [-0.05, 0) is 75.8 Å². The molecule has 3 aromatic rings. The topological polar surface area (TPSA) is 65.0 Å². The minimum absolute atomic E-state index is 0.271. The van der Waals surface area contributed by atoms with Gasteiger partial charge in [0.15, 0.2) is 0 Å². The maximum atomic E-state index is 13.0. The van der Waals surface area contributed by atoms with Gasteiger partial charge in [-0.15, -0.1) is 0 Å². The van der Waals surface area contributed by atoms with Crippen LogP contribution in [0.4, 0.5) is 18.9 Å². The zero-order valence-electron chi connectivity index (χ0n) is 22.0. The second-order valence-electron chi connectivity index (χ2n) is 10.7. The number of aromatic nitrogens is 2. The first-order valence-corrected chi connectivity index (χ1v) is 12.9. The maximum Gasteiger partial charge on any atom is 0.401 e. The van der Waals surface area contributed by atoms with E-state index in [4.69, 9.17) is 4.74 Å². The number of rotatable bonds is 7. The zero-order valence-corrected chi connectivity index (χ0v) is 22.0. The number of alkyl halides is 3. The lowest BCUT2D eigenvalue weighted by atomic mass is 9.71. The van der Waals surface area contributed by atoms with Gasteiger partial charge in [-0.1, -0.05) is 6.07 Å². The van der Waals surface area contributed by atoms with Crippen LogP contribution in [0.3, 0.4) is 0 Å². The Bertz CT molecular complexity index is 1270. The molecular weight excluding hydrogens is 495 g/mol. The summed E-state index contributed by atoms with van der Waals surface area (Å²) in [6, 6.07) is 9.83. The third kappa shape index (κ3) is 5.17. The van der Waals surface area contributed by atoms with Crippen LogP contribution in [0.2, 0.25) is 0 Å². The Labute approximate surface area is 220 Å². The number of hydrogen-bond donors (Lipinski definition) is 1. The van der Waals surface area contributed by atoms with Crippen LogP contribution in [0, 0.1) is 0 Å². The molecule has 2 aliphatic heterocycles. The van der Waals surface area contributed by atoms with Crippen LogP contribution in [-0.4, -0.2) is 91.2 Å². The van der Waals surface area contributed by atoms with Crippen molar-refractivity contribution < 1.29 is 23.0 Å². The highest BCUT2D eigenvalue weighted by molar-refractivity contribution is 5.93. The normalized spacial score (nSPS) is 19.5. The van der Waals surface area contributed by atoms with Gasteiger partial charge in [-0.3, -0.25) is 9.88 Å². The fourth-order valence-corrected chi connectivity index (χ4v) is 5.85. The SMILES string of the molecule is CN(C)CCCOc1ccc(-c2ccc3ncc4c(c3c2)C2(CCN(CC(F)(F)F)CC2)C(O)N4C)cn1. The molecule has 1 fully saturated rings. The van der Waals surface area contributed by atoms with Crippen molar-refractivity contribution in [2.24, 2.45) is 0 Å². The highest BCUT2D eigenvalue weighted by Gasteiger charge is 2.52. The fraction of sp³-hybridized carbons (Fsp3) is 0.500. The van der Waals surface area contributed by atoms with Gasteiger partial charge in [-0.2, -0.15) is 13.2 Å². The van der Waals surface area contributed by atoms with Crippen molar-refractivity contribution in [3.63, 3.8) is 0 Å². The Kier molecular flexibility index (Phi) is 7.23. The Morgan fingerprint density at radius 2 is 1.82 bits per heavy atom. The van der Waals surface area contributed by atoms with E-state index in [0.717, 1.165) is 46.2 Å². The lowest BCUT2D eigenvalue weighted by molar-refractivity contribution is -0.150. The van der Waals surface area contributed by atoms with Crippen LogP contribution < -0.4 is 9.64 Å². The molecule has 7 nitrogen and oxygen atoms in total. The van der Waals surface area contributed by atoms with Crippen molar-refractivity contribution >= 4 is 16.6 Å². The predicted molar refractivity (Wildman–Crippen MR) is 141 cm³/mol. The third-order valence-electron chi connectivity index (χ3n) is 7.81. The summed E-state index contributed by atoms with van der Waals surface area (Å²) in [5.74, 6) is 0.574. The number of pyridine rings is 2. The quantitative estimate of drug-likeness (QED) is 0.458. The standard InChI is InChI=1S/C28H34F3N5O2/c1-34(2)11-4-14-38-24-8-6-20(16-33-24)19-5-7-22-21(15-19)25-23(17-32-22)35(3)26(37)27(25)9-12-36(13-10-27)18-28(29,30)31/h5-8,15-17,26,37H,4,9-14,18H2,1-3H3. The minimum Gasteiger partial charge on any atom is -0.478 e. The number of halogens is 3. The Morgan fingerprint density at radius 3 is 2.47 bits per heavy atom. The lowest BCUT2D eigenvalue weighted by Gasteiger charge is -2.42. The molecule has 38 heavy (non-hydrogen) atoms. The average molecular weight is 530 g/mol. The second-order valence-corrected chi connectivity index (χ2v) is 10.7. The van der Waals surface area contributed by atoms with E-state index in [9.17, 15) is 18.3 Å². The van der Waals surface area contributed by atoms with E-state index in [1.54, 1.807) is 17.3 Å². The number of aliphatic hydroxyl groups excluding tert-OH is 1. The Morgan fingerprint density at radius 1 is 1.08 bits per heavy atom. The molecule has 1 aromatic carbocycles. The fourth-order valence-electron chi connectivity index (χ4n) is 5.85. The molecule has 1 saturated heterocycles. The summed E-state index contributed by atoms with van der Waals surface area (Å²) in [5, 5.41) is 12.3. The number of piperidine rings is 1. The number of anilines is 1. The molecule has 0 saturated carbocycles. The molecule has 0 aliphatic carbocycles. The van der Waals surface area contributed by atoms with Gasteiger partial charge < -0.3 is 19.6 Å². The average Bonchev–Trinajstić information content (AvgIpc) is 3.09. The first kappa shape index (κ1) is 26.6. The van der Waals surface area contributed by atoms with Gasteiger partial charge in [0, 0.05) is 42.2 Å².